The third kappa shape index (κ3) is 3.27. The van der Waals surface area contributed by atoms with Crippen molar-refractivity contribution in [2.24, 2.45) is 5.41 Å². The van der Waals surface area contributed by atoms with Crippen LogP contribution in [0.15, 0.2) is 6.07 Å². The zero-order chi connectivity index (χ0) is 15.6. The number of amides is 1. The number of aromatic nitrogens is 2. The maximum Gasteiger partial charge on any atom is 0.311 e. The van der Waals surface area contributed by atoms with Gasteiger partial charge >= 0.3 is 5.97 Å². The summed E-state index contributed by atoms with van der Waals surface area (Å²) in [5.41, 5.74) is -0.889. The first-order valence-corrected chi connectivity index (χ1v) is 7.33. The highest BCUT2D eigenvalue weighted by Crippen LogP contribution is 2.36. The highest BCUT2D eigenvalue weighted by molar-refractivity contribution is 6.34. The maximum absolute atomic E-state index is 12.3. The lowest BCUT2D eigenvalue weighted by atomic mass is 9.71. The van der Waals surface area contributed by atoms with Crippen LogP contribution < -0.4 is 5.32 Å². The fraction of sp³-hybridized carbons (Fsp3) is 0.538. The first-order valence-electron chi connectivity index (χ1n) is 6.57. The van der Waals surface area contributed by atoms with Gasteiger partial charge in [0.15, 0.2) is 10.3 Å². The van der Waals surface area contributed by atoms with E-state index in [-0.39, 0.29) is 15.9 Å². The van der Waals surface area contributed by atoms with Crippen molar-refractivity contribution in [3.8, 4) is 0 Å². The molecule has 1 aliphatic rings. The van der Waals surface area contributed by atoms with Gasteiger partial charge in [-0.25, -0.2) is 0 Å². The largest absolute Gasteiger partial charge is 0.481 e. The number of rotatable bonds is 3. The second kappa shape index (κ2) is 6.15. The first kappa shape index (κ1) is 16.0. The van der Waals surface area contributed by atoms with Gasteiger partial charge in [-0.15, -0.1) is 10.2 Å². The minimum absolute atomic E-state index is 0.0502. The Morgan fingerprint density at radius 3 is 2.76 bits per heavy atom. The van der Waals surface area contributed by atoms with Crippen molar-refractivity contribution < 1.29 is 14.7 Å². The Labute approximate surface area is 131 Å². The van der Waals surface area contributed by atoms with Crippen LogP contribution in [-0.4, -0.2) is 33.2 Å². The highest BCUT2D eigenvalue weighted by atomic mass is 35.5. The number of carboxylic acids is 1. The molecule has 6 nitrogen and oxygen atoms in total. The van der Waals surface area contributed by atoms with Crippen LogP contribution >= 0.6 is 23.2 Å². The topological polar surface area (TPSA) is 92.2 Å². The van der Waals surface area contributed by atoms with Crippen LogP contribution in [0.25, 0.3) is 0 Å². The fourth-order valence-electron chi connectivity index (χ4n) is 2.57. The van der Waals surface area contributed by atoms with Crippen molar-refractivity contribution in [3.05, 3.63) is 21.9 Å². The summed E-state index contributed by atoms with van der Waals surface area (Å²) in [6.45, 7) is 1.65. The van der Waals surface area contributed by atoms with Gasteiger partial charge in [0.05, 0.1) is 11.0 Å². The predicted molar refractivity (Wildman–Crippen MR) is 77.5 cm³/mol. The number of carbonyl (C=O) groups is 2. The molecule has 0 aliphatic heterocycles. The Morgan fingerprint density at radius 2 is 2.10 bits per heavy atom. The van der Waals surface area contributed by atoms with Crippen LogP contribution in [0.1, 0.15) is 43.0 Å². The zero-order valence-corrected chi connectivity index (χ0v) is 12.9. The molecule has 2 N–H and O–H groups in total. The van der Waals surface area contributed by atoms with E-state index in [1.165, 1.54) is 6.07 Å². The van der Waals surface area contributed by atoms with Crippen LogP contribution in [0.3, 0.4) is 0 Å². The summed E-state index contributed by atoms with van der Waals surface area (Å²) in [7, 11) is 0. The van der Waals surface area contributed by atoms with E-state index in [2.05, 4.69) is 15.5 Å². The first-order chi connectivity index (χ1) is 9.84. The minimum atomic E-state index is -0.982. The second-order valence-electron chi connectivity index (χ2n) is 5.37. The molecule has 0 spiro atoms. The summed E-state index contributed by atoms with van der Waals surface area (Å²) in [6, 6.07) is 0.854. The van der Waals surface area contributed by atoms with E-state index in [1.54, 1.807) is 6.92 Å². The molecule has 1 aliphatic carbocycles. The molecular weight excluding hydrogens is 317 g/mol. The molecule has 1 amide bonds. The number of hydrogen-bond acceptors (Lipinski definition) is 4. The normalized spacial score (nSPS) is 25.4. The number of nitrogens with zero attached hydrogens (tertiary/aromatic N) is 2. The van der Waals surface area contributed by atoms with Gasteiger partial charge in [-0.05, 0) is 25.8 Å². The summed E-state index contributed by atoms with van der Waals surface area (Å²) >= 11 is 11.5. The van der Waals surface area contributed by atoms with Gasteiger partial charge in [0, 0.05) is 6.04 Å². The Kier molecular flexibility index (Phi) is 4.68. The molecule has 1 heterocycles. The van der Waals surface area contributed by atoms with Crippen molar-refractivity contribution in [3.63, 3.8) is 0 Å². The highest BCUT2D eigenvalue weighted by Gasteiger charge is 2.44. The molecule has 1 fully saturated rings. The van der Waals surface area contributed by atoms with E-state index < -0.39 is 23.3 Å². The molecule has 8 heteroatoms. The molecule has 0 radical (unpaired) electrons. The summed E-state index contributed by atoms with van der Waals surface area (Å²) in [4.78, 5) is 23.8. The SMILES string of the molecule is CC1(C(=O)O)CCCCC1NC(=O)c1cc(Cl)nnc1Cl. The van der Waals surface area contributed by atoms with Crippen molar-refractivity contribution in [2.75, 3.05) is 0 Å². The molecule has 0 saturated heterocycles. The molecule has 1 aromatic heterocycles. The average Bonchev–Trinajstić information content (AvgIpc) is 2.43. The van der Waals surface area contributed by atoms with Crippen molar-refractivity contribution in [1.82, 2.24) is 15.5 Å². The third-order valence-electron chi connectivity index (χ3n) is 3.97. The van der Waals surface area contributed by atoms with E-state index >= 15 is 0 Å². The standard InChI is InChI=1S/C13H15Cl2N3O3/c1-13(12(20)21)5-3-2-4-8(13)16-11(19)7-6-9(14)17-18-10(7)15/h6,8H,2-5H2,1H3,(H,16,19)(H,20,21). The lowest BCUT2D eigenvalue weighted by Crippen LogP contribution is -2.52. The van der Waals surface area contributed by atoms with Crippen LogP contribution in [0.4, 0.5) is 0 Å². The Morgan fingerprint density at radius 1 is 1.38 bits per heavy atom. The number of halogens is 2. The predicted octanol–water partition coefficient (Wildman–Crippen LogP) is 2.55. The third-order valence-corrected chi connectivity index (χ3v) is 4.43. The average molecular weight is 332 g/mol. The molecule has 1 aromatic rings. The molecule has 0 bridgehead atoms. The van der Waals surface area contributed by atoms with Crippen molar-refractivity contribution in [1.29, 1.82) is 0 Å². The van der Waals surface area contributed by atoms with E-state index in [1.807, 2.05) is 0 Å². The zero-order valence-electron chi connectivity index (χ0n) is 11.4. The van der Waals surface area contributed by atoms with Crippen molar-refractivity contribution in [2.45, 2.75) is 38.6 Å². The van der Waals surface area contributed by atoms with Gasteiger partial charge in [-0.3, -0.25) is 9.59 Å². The molecule has 1 saturated carbocycles. The molecule has 2 atom stereocenters. The number of nitrogens with one attached hydrogen (secondary N) is 1. The van der Waals surface area contributed by atoms with Gasteiger partial charge in [0.2, 0.25) is 0 Å². The number of carbonyl (C=O) groups excluding carboxylic acids is 1. The number of carboxylic acid groups (broad SMARTS) is 1. The van der Waals surface area contributed by atoms with E-state index in [9.17, 15) is 14.7 Å². The lowest BCUT2D eigenvalue weighted by Gasteiger charge is -2.38. The molecule has 21 heavy (non-hydrogen) atoms. The van der Waals surface area contributed by atoms with Crippen LogP contribution in [-0.2, 0) is 4.79 Å². The van der Waals surface area contributed by atoms with E-state index in [0.717, 1.165) is 12.8 Å². The van der Waals surface area contributed by atoms with Gasteiger partial charge < -0.3 is 10.4 Å². The summed E-state index contributed by atoms with van der Waals surface area (Å²) in [6.07, 6.45) is 2.84. The minimum Gasteiger partial charge on any atom is -0.481 e. The fourth-order valence-corrected chi connectivity index (χ4v) is 2.89. The van der Waals surface area contributed by atoms with Crippen LogP contribution in [0.2, 0.25) is 10.3 Å². The van der Waals surface area contributed by atoms with E-state index in [4.69, 9.17) is 23.2 Å². The monoisotopic (exact) mass is 331 g/mol. The van der Waals surface area contributed by atoms with Crippen LogP contribution in [0.5, 0.6) is 0 Å². The van der Waals surface area contributed by atoms with Gasteiger partial charge in [-0.2, -0.15) is 0 Å². The Hall–Kier alpha value is -1.40. The summed E-state index contributed by atoms with van der Waals surface area (Å²) in [5.74, 6) is -1.40. The second-order valence-corrected chi connectivity index (χ2v) is 6.11. The Balaban J connectivity index is 2.21. The quantitative estimate of drug-likeness (QED) is 0.887. The summed E-state index contributed by atoms with van der Waals surface area (Å²) < 4.78 is 0. The maximum atomic E-state index is 12.3. The molecular formula is C13H15Cl2N3O3. The molecule has 2 unspecified atom stereocenters. The Bertz CT molecular complexity index is 582. The molecule has 0 aromatic carbocycles. The van der Waals surface area contributed by atoms with Gasteiger partial charge in [0.25, 0.3) is 5.91 Å². The van der Waals surface area contributed by atoms with E-state index in [0.29, 0.717) is 12.8 Å². The van der Waals surface area contributed by atoms with Crippen LogP contribution in [0, 0.1) is 5.41 Å². The number of aliphatic carboxylic acids is 1. The molecule has 2 rings (SSSR count). The number of hydrogen-bond donors (Lipinski definition) is 2. The van der Waals surface area contributed by atoms with Crippen molar-refractivity contribution >= 4 is 35.1 Å². The lowest BCUT2D eigenvalue weighted by molar-refractivity contribution is -0.151. The van der Waals surface area contributed by atoms with Gasteiger partial charge in [-0.1, -0.05) is 36.0 Å². The molecule has 114 valence electrons. The van der Waals surface area contributed by atoms with Gasteiger partial charge in [0.1, 0.15) is 0 Å². The summed E-state index contributed by atoms with van der Waals surface area (Å²) in [5, 5.41) is 19.3. The smallest absolute Gasteiger partial charge is 0.311 e.